The quantitative estimate of drug-likeness (QED) is 0.355. The maximum absolute atomic E-state index is 5.40. The summed E-state index contributed by atoms with van der Waals surface area (Å²) in [5, 5.41) is 13.9. The Balaban J connectivity index is 1.40. The van der Waals surface area contributed by atoms with Crippen molar-refractivity contribution in [3.05, 3.63) is 48.6 Å². The Morgan fingerprint density at radius 2 is 1.94 bits per heavy atom. The van der Waals surface area contributed by atoms with Crippen LogP contribution in [0, 0.1) is 0 Å². The maximum atomic E-state index is 5.40. The number of thioether (sulfide) groups is 1. The number of hydrogen-bond donors (Lipinski definition) is 0. The van der Waals surface area contributed by atoms with Crippen LogP contribution in [0.4, 0.5) is 0 Å². The van der Waals surface area contributed by atoms with Gasteiger partial charge >= 0.3 is 0 Å². The standard InChI is InChI=1S/C22H23N5O3S/c1-28-17-11-9-15(10-12-17)21-24-25-22(27(21)16-6-3-2-4-7-16)31-14-19-23-20(26-30-19)18-8-5-13-29-18/h5,8-13,16H,2-4,6-7,14H2,1H3. The van der Waals surface area contributed by atoms with Crippen LogP contribution in [0.1, 0.15) is 44.0 Å². The average Bonchev–Trinajstić information content (AvgIpc) is 3.59. The van der Waals surface area contributed by atoms with Crippen molar-refractivity contribution in [3.8, 4) is 28.7 Å². The van der Waals surface area contributed by atoms with E-state index in [9.17, 15) is 0 Å². The zero-order valence-corrected chi connectivity index (χ0v) is 18.0. The summed E-state index contributed by atoms with van der Waals surface area (Å²) in [6.07, 6.45) is 7.61. The average molecular weight is 438 g/mol. The van der Waals surface area contributed by atoms with Gasteiger partial charge in [0.1, 0.15) is 5.75 Å². The van der Waals surface area contributed by atoms with Gasteiger partial charge in [-0.05, 0) is 49.2 Å². The van der Waals surface area contributed by atoms with E-state index in [0.717, 1.165) is 35.1 Å². The van der Waals surface area contributed by atoms with Crippen molar-refractivity contribution in [1.82, 2.24) is 24.9 Å². The molecule has 1 saturated carbocycles. The van der Waals surface area contributed by atoms with Gasteiger partial charge in [-0.1, -0.05) is 36.2 Å². The van der Waals surface area contributed by atoms with E-state index in [0.29, 0.717) is 29.3 Å². The maximum Gasteiger partial charge on any atom is 0.238 e. The number of aromatic nitrogens is 5. The molecule has 31 heavy (non-hydrogen) atoms. The zero-order valence-electron chi connectivity index (χ0n) is 17.2. The number of ether oxygens (including phenoxy) is 1. The Hall–Kier alpha value is -3.07. The summed E-state index contributed by atoms with van der Waals surface area (Å²) in [6.45, 7) is 0. The van der Waals surface area contributed by atoms with Crippen LogP contribution in [0.2, 0.25) is 0 Å². The van der Waals surface area contributed by atoms with E-state index in [4.69, 9.17) is 13.7 Å². The number of rotatable bonds is 7. The van der Waals surface area contributed by atoms with Gasteiger partial charge in [-0.15, -0.1) is 10.2 Å². The molecule has 1 aliphatic carbocycles. The van der Waals surface area contributed by atoms with Crippen LogP contribution in [-0.2, 0) is 5.75 Å². The molecule has 8 nitrogen and oxygen atoms in total. The van der Waals surface area contributed by atoms with Crippen LogP contribution in [0.25, 0.3) is 23.0 Å². The second-order valence-corrected chi connectivity index (χ2v) is 8.42. The smallest absolute Gasteiger partial charge is 0.238 e. The molecule has 0 N–H and O–H groups in total. The highest BCUT2D eigenvalue weighted by Gasteiger charge is 2.24. The number of methoxy groups -OCH3 is 1. The molecule has 4 aromatic rings. The number of furan rings is 1. The molecule has 0 unspecified atom stereocenters. The third kappa shape index (κ3) is 4.23. The third-order valence-corrected chi connectivity index (χ3v) is 6.41. The predicted octanol–water partition coefficient (Wildman–Crippen LogP) is 5.39. The first-order valence-electron chi connectivity index (χ1n) is 10.4. The molecule has 0 aliphatic heterocycles. The van der Waals surface area contributed by atoms with Crippen LogP contribution in [0.15, 0.2) is 56.8 Å². The fraction of sp³-hybridized carbons (Fsp3) is 0.364. The van der Waals surface area contributed by atoms with Crippen LogP contribution in [-0.4, -0.2) is 32.0 Å². The monoisotopic (exact) mass is 437 g/mol. The van der Waals surface area contributed by atoms with Gasteiger partial charge in [0.15, 0.2) is 16.7 Å². The molecule has 0 amide bonds. The predicted molar refractivity (Wildman–Crippen MR) is 116 cm³/mol. The molecule has 1 fully saturated rings. The topological polar surface area (TPSA) is 92.0 Å². The summed E-state index contributed by atoms with van der Waals surface area (Å²) in [7, 11) is 1.67. The summed E-state index contributed by atoms with van der Waals surface area (Å²) in [5.74, 6) is 3.80. The van der Waals surface area contributed by atoms with E-state index < -0.39 is 0 Å². The SMILES string of the molecule is COc1ccc(-c2nnc(SCc3nc(-c4ccco4)no3)n2C2CCCCC2)cc1. The fourth-order valence-corrected chi connectivity index (χ4v) is 4.77. The minimum absolute atomic E-state index is 0.393. The zero-order chi connectivity index (χ0) is 21.0. The lowest BCUT2D eigenvalue weighted by molar-refractivity contribution is 0.339. The molecule has 0 spiro atoms. The third-order valence-electron chi connectivity index (χ3n) is 5.49. The lowest BCUT2D eigenvalue weighted by atomic mass is 9.95. The van der Waals surface area contributed by atoms with Crippen molar-refractivity contribution in [1.29, 1.82) is 0 Å². The molecular formula is C22H23N5O3S. The van der Waals surface area contributed by atoms with Gasteiger partial charge in [-0.2, -0.15) is 4.98 Å². The molecule has 9 heteroatoms. The summed E-state index contributed by atoms with van der Waals surface area (Å²) in [6, 6.07) is 12.0. The minimum atomic E-state index is 0.393. The Bertz CT molecular complexity index is 1110. The van der Waals surface area contributed by atoms with E-state index in [2.05, 4.69) is 24.9 Å². The van der Waals surface area contributed by atoms with E-state index in [1.54, 1.807) is 31.2 Å². The van der Waals surface area contributed by atoms with Crippen molar-refractivity contribution in [2.24, 2.45) is 0 Å². The van der Waals surface area contributed by atoms with E-state index in [-0.39, 0.29) is 0 Å². The second-order valence-electron chi connectivity index (χ2n) is 7.47. The van der Waals surface area contributed by atoms with Crippen LogP contribution < -0.4 is 4.74 Å². The molecule has 3 aromatic heterocycles. The Labute approximate surface area is 184 Å². The largest absolute Gasteiger partial charge is 0.497 e. The van der Waals surface area contributed by atoms with Crippen LogP contribution in [0.5, 0.6) is 5.75 Å². The normalized spacial score (nSPS) is 14.7. The summed E-state index contributed by atoms with van der Waals surface area (Å²) in [4.78, 5) is 4.43. The van der Waals surface area contributed by atoms with Crippen molar-refractivity contribution in [2.75, 3.05) is 7.11 Å². The first kappa shape index (κ1) is 19.9. The van der Waals surface area contributed by atoms with Gasteiger partial charge in [-0.3, -0.25) is 4.57 Å². The van der Waals surface area contributed by atoms with Gasteiger partial charge < -0.3 is 13.7 Å². The number of hydrogen-bond acceptors (Lipinski definition) is 8. The van der Waals surface area contributed by atoms with Gasteiger partial charge in [0.25, 0.3) is 0 Å². The van der Waals surface area contributed by atoms with Crippen LogP contribution in [0.3, 0.4) is 0 Å². The molecule has 1 aromatic carbocycles. The Morgan fingerprint density at radius 3 is 2.68 bits per heavy atom. The highest BCUT2D eigenvalue weighted by molar-refractivity contribution is 7.98. The molecule has 1 aliphatic rings. The van der Waals surface area contributed by atoms with Crippen molar-refractivity contribution in [2.45, 2.75) is 49.1 Å². The summed E-state index contributed by atoms with van der Waals surface area (Å²) >= 11 is 1.57. The molecule has 3 heterocycles. The molecule has 160 valence electrons. The molecule has 0 atom stereocenters. The van der Waals surface area contributed by atoms with E-state index >= 15 is 0 Å². The molecular weight excluding hydrogens is 414 g/mol. The highest BCUT2D eigenvalue weighted by Crippen LogP contribution is 2.36. The fourth-order valence-electron chi connectivity index (χ4n) is 3.93. The van der Waals surface area contributed by atoms with Crippen LogP contribution >= 0.6 is 11.8 Å². The lowest BCUT2D eigenvalue weighted by Gasteiger charge is -2.25. The van der Waals surface area contributed by atoms with Crippen molar-refractivity contribution in [3.63, 3.8) is 0 Å². The first-order chi connectivity index (χ1) is 15.3. The van der Waals surface area contributed by atoms with Gasteiger partial charge in [0.05, 0.1) is 19.1 Å². The van der Waals surface area contributed by atoms with E-state index in [1.165, 1.54) is 19.3 Å². The molecule has 5 rings (SSSR count). The Kier molecular flexibility index (Phi) is 5.75. The summed E-state index contributed by atoms with van der Waals surface area (Å²) in [5.41, 5.74) is 1.03. The molecule has 0 radical (unpaired) electrons. The lowest BCUT2D eigenvalue weighted by Crippen LogP contribution is -2.15. The van der Waals surface area contributed by atoms with E-state index in [1.807, 2.05) is 30.3 Å². The number of nitrogens with zero attached hydrogens (tertiary/aromatic N) is 5. The first-order valence-corrected chi connectivity index (χ1v) is 11.4. The summed E-state index contributed by atoms with van der Waals surface area (Å²) < 4.78 is 18.3. The van der Waals surface area contributed by atoms with Gasteiger partial charge in [0.2, 0.25) is 11.7 Å². The minimum Gasteiger partial charge on any atom is -0.497 e. The van der Waals surface area contributed by atoms with Crippen molar-refractivity contribution < 1.29 is 13.7 Å². The molecule has 0 bridgehead atoms. The molecule has 0 saturated heterocycles. The van der Waals surface area contributed by atoms with Crippen molar-refractivity contribution >= 4 is 11.8 Å². The Morgan fingerprint density at radius 1 is 1.10 bits per heavy atom. The second kappa shape index (κ2) is 8.97. The van der Waals surface area contributed by atoms with Gasteiger partial charge in [0, 0.05) is 11.6 Å². The number of benzene rings is 1. The van der Waals surface area contributed by atoms with Gasteiger partial charge in [-0.25, -0.2) is 0 Å². The highest BCUT2D eigenvalue weighted by atomic mass is 32.2.